The van der Waals surface area contributed by atoms with Crippen LogP contribution in [0.2, 0.25) is 0 Å². The van der Waals surface area contributed by atoms with Crippen molar-refractivity contribution in [2.75, 3.05) is 7.11 Å². The third kappa shape index (κ3) is 2.62. The zero-order valence-corrected chi connectivity index (χ0v) is 9.70. The number of fused-ring (bicyclic) bond motifs is 1. The third-order valence-electron chi connectivity index (χ3n) is 2.92. The molecule has 0 N–H and O–H groups in total. The second-order valence-corrected chi connectivity index (χ2v) is 4.19. The molecule has 2 rings (SSSR count). The molecule has 5 nitrogen and oxygen atoms in total. The standard InChI is InChI=1S/C10H12F3N3O2/c1-18-9(17)6-2-3-7-14-15-8(16(7)5-6)4-10(11,12)13/h6H,2-5H2,1H3. The van der Waals surface area contributed by atoms with Crippen LogP contribution in [0, 0.1) is 5.92 Å². The van der Waals surface area contributed by atoms with Crippen LogP contribution in [0.1, 0.15) is 18.1 Å². The SMILES string of the molecule is COC(=O)C1CCc2nnc(CC(F)(F)F)n2C1. The van der Waals surface area contributed by atoms with Crippen LogP contribution in [0.15, 0.2) is 0 Å². The largest absolute Gasteiger partial charge is 0.469 e. The summed E-state index contributed by atoms with van der Waals surface area (Å²) in [7, 11) is 1.26. The molecule has 18 heavy (non-hydrogen) atoms. The van der Waals surface area contributed by atoms with Gasteiger partial charge >= 0.3 is 12.1 Å². The van der Waals surface area contributed by atoms with E-state index in [1.165, 1.54) is 11.7 Å². The number of ether oxygens (including phenoxy) is 1. The van der Waals surface area contributed by atoms with Gasteiger partial charge in [0.15, 0.2) is 0 Å². The lowest BCUT2D eigenvalue weighted by molar-refractivity contribution is -0.146. The number of rotatable bonds is 2. The van der Waals surface area contributed by atoms with Gasteiger partial charge in [-0.2, -0.15) is 13.2 Å². The number of alkyl halides is 3. The van der Waals surface area contributed by atoms with E-state index in [0.717, 1.165) is 0 Å². The number of hydrogen-bond donors (Lipinski definition) is 0. The highest BCUT2D eigenvalue weighted by Crippen LogP contribution is 2.25. The first-order chi connectivity index (χ1) is 8.40. The Balaban J connectivity index is 2.19. The first kappa shape index (κ1) is 12.8. The van der Waals surface area contributed by atoms with Crippen molar-refractivity contribution in [2.45, 2.75) is 32.0 Å². The van der Waals surface area contributed by atoms with Crippen LogP contribution in [0.3, 0.4) is 0 Å². The fraction of sp³-hybridized carbons (Fsp3) is 0.700. The summed E-state index contributed by atoms with van der Waals surface area (Å²) >= 11 is 0. The van der Waals surface area contributed by atoms with Crippen molar-refractivity contribution in [2.24, 2.45) is 5.92 Å². The molecule has 1 aromatic rings. The minimum Gasteiger partial charge on any atom is -0.469 e. The predicted octanol–water partition coefficient (Wildman–Crippen LogP) is 1.12. The Kier molecular flexibility index (Phi) is 3.27. The zero-order chi connectivity index (χ0) is 13.3. The summed E-state index contributed by atoms with van der Waals surface area (Å²) in [5.74, 6) is -0.488. The molecule has 2 heterocycles. The van der Waals surface area contributed by atoms with Crippen molar-refractivity contribution in [1.82, 2.24) is 14.8 Å². The number of nitrogens with zero attached hydrogens (tertiary/aromatic N) is 3. The van der Waals surface area contributed by atoms with E-state index in [9.17, 15) is 18.0 Å². The lowest BCUT2D eigenvalue weighted by Crippen LogP contribution is -2.29. The average Bonchev–Trinajstić information content (AvgIpc) is 2.68. The quantitative estimate of drug-likeness (QED) is 0.750. The molecule has 8 heteroatoms. The Morgan fingerprint density at radius 3 is 2.83 bits per heavy atom. The van der Waals surface area contributed by atoms with E-state index < -0.39 is 24.5 Å². The number of carbonyl (C=O) groups is 1. The molecule has 0 spiro atoms. The summed E-state index contributed by atoms with van der Waals surface area (Å²) in [5, 5.41) is 7.26. The first-order valence-corrected chi connectivity index (χ1v) is 5.46. The fourth-order valence-corrected chi connectivity index (χ4v) is 2.05. The molecule has 0 amide bonds. The van der Waals surface area contributed by atoms with E-state index in [2.05, 4.69) is 14.9 Å². The summed E-state index contributed by atoms with van der Waals surface area (Å²) in [6.07, 6.45) is -4.50. The molecule has 1 aliphatic heterocycles. The van der Waals surface area contributed by atoms with Crippen molar-refractivity contribution < 1.29 is 22.7 Å². The van der Waals surface area contributed by atoms with Gasteiger partial charge in [0, 0.05) is 13.0 Å². The number of aryl methyl sites for hydroxylation is 1. The van der Waals surface area contributed by atoms with E-state index >= 15 is 0 Å². The van der Waals surface area contributed by atoms with Crippen LogP contribution in [-0.2, 0) is 28.9 Å². The molecule has 100 valence electrons. The number of halogens is 3. The molecule has 0 aliphatic carbocycles. The van der Waals surface area contributed by atoms with Gasteiger partial charge in [0.05, 0.1) is 13.0 Å². The molecule has 0 saturated carbocycles. The van der Waals surface area contributed by atoms with E-state index in [1.54, 1.807) is 0 Å². The second kappa shape index (κ2) is 4.58. The van der Waals surface area contributed by atoms with Gasteiger partial charge in [-0.3, -0.25) is 4.79 Å². The van der Waals surface area contributed by atoms with Crippen LogP contribution in [0.4, 0.5) is 13.2 Å². The molecule has 1 aliphatic rings. The molecule has 0 saturated heterocycles. The summed E-state index contributed by atoms with van der Waals surface area (Å²) < 4.78 is 43.0. The first-order valence-electron chi connectivity index (χ1n) is 5.46. The molecule has 0 fully saturated rings. The number of methoxy groups -OCH3 is 1. The highest BCUT2D eigenvalue weighted by Gasteiger charge is 2.34. The topological polar surface area (TPSA) is 57.0 Å². The van der Waals surface area contributed by atoms with Crippen molar-refractivity contribution in [3.8, 4) is 0 Å². The van der Waals surface area contributed by atoms with Gasteiger partial charge in [0.25, 0.3) is 0 Å². The molecule has 1 aromatic heterocycles. The van der Waals surface area contributed by atoms with E-state index in [0.29, 0.717) is 18.7 Å². The lowest BCUT2D eigenvalue weighted by atomic mass is 9.99. The van der Waals surface area contributed by atoms with Gasteiger partial charge in [-0.05, 0) is 6.42 Å². The molecule has 0 radical (unpaired) electrons. The zero-order valence-electron chi connectivity index (χ0n) is 9.70. The number of esters is 1. The summed E-state index contributed by atoms with van der Waals surface area (Å²) in [5.41, 5.74) is 0. The number of hydrogen-bond acceptors (Lipinski definition) is 4. The maximum Gasteiger partial charge on any atom is 0.396 e. The Morgan fingerprint density at radius 1 is 1.50 bits per heavy atom. The van der Waals surface area contributed by atoms with Gasteiger partial charge in [-0.25, -0.2) is 0 Å². The smallest absolute Gasteiger partial charge is 0.396 e. The third-order valence-corrected chi connectivity index (χ3v) is 2.92. The van der Waals surface area contributed by atoms with Gasteiger partial charge < -0.3 is 9.30 Å². The molecular formula is C10H12F3N3O2. The highest BCUT2D eigenvalue weighted by atomic mass is 19.4. The van der Waals surface area contributed by atoms with Gasteiger partial charge in [0.1, 0.15) is 18.1 Å². The number of aromatic nitrogens is 3. The predicted molar refractivity (Wildman–Crippen MR) is 53.6 cm³/mol. The average molecular weight is 263 g/mol. The monoisotopic (exact) mass is 263 g/mol. The molecule has 1 unspecified atom stereocenters. The van der Waals surface area contributed by atoms with Gasteiger partial charge in [-0.1, -0.05) is 0 Å². The van der Waals surface area contributed by atoms with Crippen molar-refractivity contribution in [3.05, 3.63) is 11.6 Å². The number of carbonyl (C=O) groups excluding carboxylic acids is 1. The summed E-state index contributed by atoms with van der Waals surface area (Å²) in [4.78, 5) is 11.4. The maximum atomic E-state index is 12.3. The fourth-order valence-electron chi connectivity index (χ4n) is 2.05. The van der Waals surface area contributed by atoms with Crippen molar-refractivity contribution in [3.63, 3.8) is 0 Å². The van der Waals surface area contributed by atoms with Crippen LogP contribution < -0.4 is 0 Å². The van der Waals surface area contributed by atoms with E-state index in [1.807, 2.05) is 0 Å². The normalized spacial score (nSPS) is 19.4. The molecule has 1 atom stereocenters. The molecule has 0 bridgehead atoms. The molecule has 0 aromatic carbocycles. The second-order valence-electron chi connectivity index (χ2n) is 4.19. The van der Waals surface area contributed by atoms with Crippen molar-refractivity contribution >= 4 is 5.97 Å². The lowest BCUT2D eigenvalue weighted by Gasteiger charge is -2.22. The van der Waals surface area contributed by atoms with Crippen LogP contribution >= 0.6 is 0 Å². The Morgan fingerprint density at radius 2 is 2.22 bits per heavy atom. The maximum absolute atomic E-state index is 12.3. The van der Waals surface area contributed by atoms with Gasteiger partial charge in [0.2, 0.25) is 0 Å². The van der Waals surface area contributed by atoms with Crippen LogP contribution in [-0.4, -0.2) is 34.0 Å². The Bertz CT molecular complexity index is 456. The highest BCUT2D eigenvalue weighted by molar-refractivity contribution is 5.72. The summed E-state index contributed by atoms with van der Waals surface area (Å²) in [6.45, 7) is 0.153. The van der Waals surface area contributed by atoms with Crippen LogP contribution in [0.25, 0.3) is 0 Å². The minimum atomic E-state index is -4.33. The Labute approximate surface area is 101 Å². The molecular weight excluding hydrogens is 251 g/mol. The minimum absolute atomic E-state index is 0.147. The van der Waals surface area contributed by atoms with Crippen LogP contribution in [0.5, 0.6) is 0 Å². The van der Waals surface area contributed by atoms with Crippen molar-refractivity contribution in [1.29, 1.82) is 0 Å². The summed E-state index contributed by atoms with van der Waals surface area (Å²) in [6, 6.07) is 0. The van der Waals surface area contributed by atoms with E-state index in [-0.39, 0.29) is 12.4 Å². The van der Waals surface area contributed by atoms with E-state index in [4.69, 9.17) is 0 Å². The Hall–Kier alpha value is -1.60. The van der Waals surface area contributed by atoms with Gasteiger partial charge in [-0.15, -0.1) is 10.2 Å².